The van der Waals surface area contributed by atoms with Gasteiger partial charge in [0.1, 0.15) is 16.7 Å². The van der Waals surface area contributed by atoms with E-state index in [2.05, 4.69) is 31.2 Å². The quantitative estimate of drug-likeness (QED) is 0.145. The molecule has 1 atom stereocenters. The van der Waals surface area contributed by atoms with Gasteiger partial charge in [0, 0.05) is 43.7 Å². The van der Waals surface area contributed by atoms with Gasteiger partial charge in [0.05, 0.1) is 35.0 Å². The van der Waals surface area contributed by atoms with Crippen molar-refractivity contribution < 1.29 is 37.8 Å². The van der Waals surface area contributed by atoms with Gasteiger partial charge in [0.2, 0.25) is 17.8 Å². The number of anilines is 3. The van der Waals surface area contributed by atoms with E-state index in [1.54, 1.807) is 22.9 Å². The summed E-state index contributed by atoms with van der Waals surface area (Å²) in [5.74, 6) is -1.34. The molecule has 1 unspecified atom stereocenters. The Morgan fingerprint density at radius 1 is 0.954 bits per heavy atom. The molecule has 1 aliphatic carbocycles. The van der Waals surface area contributed by atoms with Crippen molar-refractivity contribution in [2.45, 2.75) is 102 Å². The molecule has 19 heteroatoms. The molecular weight excluding hydrogens is 861 g/mol. The Hall–Kier alpha value is -5.98. The third kappa shape index (κ3) is 9.70. The van der Waals surface area contributed by atoms with Gasteiger partial charge in [-0.1, -0.05) is 17.7 Å². The zero-order valence-corrected chi connectivity index (χ0v) is 37.3. The Kier molecular flexibility index (Phi) is 13.5. The number of piperidine rings is 3. The van der Waals surface area contributed by atoms with Crippen LogP contribution in [0.4, 0.5) is 21.8 Å². The number of hydrogen-bond acceptors (Lipinski definition) is 13. The number of alkyl halides is 1. The van der Waals surface area contributed by atoms with E-state index in [-0.39, 0.29) is 53.8 Å². The molecule has 17 nitrogen and oxygen atoms in total. The first-order chi connectivity index (χ1) is 31.2. The second kappa shape index (κ2) is 19.2. The maximum absolute atomic E-state index is 15.2. The summed E-state index contributed by atoms with van der Waals surface area (Å²) in [6.45, 7) is 6.38. The molecule has 6 heterocycles. The van der Waals surface area contributed by atoms with Crippen LogP contribution in [0, 0.1) is 0 Å². The Balaban J connectivity index is 0.000000192. The van der Waals surface area contributed by atoms with Gasteiger partial charge in [-0.25, -0.2) is 9.37 Å². The largest absolute Gasteiger partial charge is 0.478 e. The number of amides is 5. The standard InChI is InChI=1S/C28H35ClN6O4.C18H18FN3O4/c1-17(2)35-23-8-7-19(13-18(23)14-24(27(35)37)38-16-25(36)30-3)32-26-22(29)15-31-28(33-26)34-11-9-21(10-12-34)39-20-5-4-6-20;19-18(5-7-20-8-6-18)10-1-2-11-12(9-10)17(26)22(16(11)25)13-3-4-14(23)21-15(13)24/h7-8,13-15,17,20-21H,4-6,9-12,16H2,1-3H3,(H,30,36)(H,31,32,33);1-2,9,13,20H,3-8H2,(H,21,23,24). The van der Waals surface area contributed by atoms with Gasteiger partial charge in [0.25, 0.3) is 23.3 Å². The number of rotatable bonds is 11. The fourth-order valence-electron chi connectivity index (χ4n) is 8.80. The van der Waals surface area contributed by atoms with Gasteiger partial charge >= 0.3 is 0 Å². The van der Waals surface area contributed by atoms with E-state index in [1.807, 2.05) is 32.0 Å². The number of aromatic nitrogens is 3. The monoisotopic (exact) mass is 913 g/mol. The summed E-state index contributed by atoms with van der Waals surface area (Å²) in [4.78, 5) is 85.8. The average Bonchev–Trinajstić information content (AvgIpc) is 3.53. The number of pyridine rings is 1. The van der Waals surface area contributed by atoms with Gasteiger partial charge in [0.15, 0.2) is 18.2 Å². The first-order valence-corrected chi connectivity index (χ1v) is 22.6. The number of carbonyl (C=O) groups excluding carboxylic acids is 5. The number of benzene rings is 2. The summed E-state index contributed by atoms with van der Waals surface area (Å²) >= 11 is 6.47. The van der Waals surface area contributed by atoms with Crippen molar-refractivity contribution >= 4 is 69.5 Å². The van der Waals surface area contributed by atoms with Crippen molar-refractivity contribution in [3.8, 4) is 5.75 Å². The summed E-state index contributed by atoms with van der Waals surface area (Å²) in [6.07, 6.45) is 8.68. The fourth-order valence-corrected chi connectivity index (χ4v) is 8.94. The second-order valence-corrected chi connectivity index (χ2v) is 17.7. The van der Waals surface area contributed by atoms with E-state index in [0.29, 0.717) is 60.5 Å². The number of halogens is 2. The average molecular weight is 914 g/mol. The van der Waals surface area contributed by atoms with E-state index in [4.69, 9.17) is 26.1 Å². The molecule has 4 fully saturated rings. The minimum Gasteiger partial charge on any atom is -0.478 e. The van der Waals surface area contributed by atoms with Crippen molar-refractivity contribution in [3.63, 3.8) is 0 Å². The minimum absolute atomic E-state index is 0.0651. The first-order valence-electron chi connectivity index (χ1n) is 22.2. The number of hydrogen-bond donors (Lipinski definition) is 4. The molecule has 0 bridgehead atoms. The van der Waals surface area contributed by atoms with Crippen LogP contribution in [-0.4, -0.2) is 107 Å². The summed E-state index contributed by atoms with van der Waals surface area (Å²) in [5, 5.41) is 12.2. The van der Waals surface area contributed by atoms with Crippen molar-refractivity contribution in [1.29, 1.82) is 0 Å². The SMILES string of the molecule is CNC(=O)COc1cc2cc(Nc3nc(N4CCC(OC5CCC5)CC4)ncc3Cl)ccc2n(C(C)C)c1=O.O=C1CCC(N2C(=O)c3ccc(C4(F)CCNCC4)cc3C2=O)C(=O)N1. The summed E-state index contributed by atoms with van der Waals surface area (Å²) in [5.41, 5.74) is 0.346. The summed E-state index contributed by atoms with van der Waals surface area (Å²) in [7, 11) is 1.52. The lowest BCUT2D eigenvalue weighted by Gasteiger charge is -2.36. The van der Waals surface area contributed by atoms with E-state index in [9.17, 15) is 28.8 Å². The fraction of sp³-hybridized carbons (Fsp3) is 0.478. The predicted octanol–water partition coefficient (Wildman–Crippen LogP) is 5.07. The van der Waals surface area contributed by atoms with Crippen LogP contribution in [0.3, 0.4) is 0 Å². The highest BCUT2D eigenvalue weighted by Gasteiger charge is 2.46. The number of fused-ring (bicyclic) bond motifs is 2. The molecule has 4 N–H and O–H groups in total. The number of nitrogens with zero attached hydrogens (tertiary/aromatic N) is 5. The van der Waals surface area contributed by atoms with Crippen LogP contribution in [0.5, 0.6) is 5.75 Å². The predicted molar refractivity (Wildman–Crippen MR) is 240 cm³/mol. The molecule has 3 saturated heterocycles. The van der Waals surface area contributed by atoms with Crippen LogP contribution in [0.1, 0.15) is 104 Å². The molecule has 344 valence electrons. The Morgan fingerprint density at radius 3 is 2.35 bits per heavy atom. The van der Waals surface area contributed by atoms with Crippen molar-refractivity contribution in [1.82, 2.24) is 35.4 Å². The molecule has 9 rings (SSSR count). The molecular formula is C46H53ClFN9O8. The highest BCUT2D eigenvalue weighted by atomic mass is 35.5. The number of ether oxygens (including phenoxy) is 2. The molecule has 0 radical (unpaired) electrons. The Labute approximate surface area is 379 Å². The topological polar surface area (TPSA) is 206 Å². The summed E-state index contributed by atoms with van der Waals surface area (Å²) in [6, 6.07) is 10.6. The van der Waals surface area contributed by atoms with Crippen LogP contribution >= 0.6 is 11.6 Å². The lowest BCUT2D eigenvalue weighted by molar-refractivity contribution is -0.136. The van der Waals surface area contributed by atoms with E-state index in [1.165, 1.54) is 38.4 Å². The van der Waals surface area contributed by atoms with E-state index < -0.39 is 35.3 Å². The number of imide groups is 2. The lowest BCUT2D eigenvalue weighted by Crippen LogP contribution is -2.54. The number of carbonyl (C=O) groups is 5. The van der Waals surface area contributed by atoms with Gasteiger partial charge < -0.3 is 34.9 Å². The van der Waals surface area contributed by atoms with Crippen LogP contribution in [0.25, 0.3) is 10.9 Å². The van der Waals surface area contributed by atoms with Crippen LogP contribution in [0.2, 0.25) is 5.02 Å². The molecule has 5 amide bonds. The van der Waals surface area contributed by atoms with Crippen LogP contribution in [-0.2, 0) is 24.8 Å². The van der Waals surface area contributed by atoms with Crippen LogP contribution in [0.15, 0.2) is 53.5 Å². The maximum atomic E-state index is 15.2. The minimum atomic E-state index is -1.54. The number of nitrogens with one attached hydrogen (secondary N) is 4. The zero-order valence-electron chi connectivity index (χ0n) is 36.6. The molecule has 5 aliphatic rings. The zero-order chi connectivity index (χ0) is 46.0. The first kappa shape index (κ1) is 45.6. The Morgan fingerprint density at radius 2 is 1.68 bits per heavy atom. The van der Waals surface area contributed by atoms with E-state index in [0.717, 1.165) is 47.4 Å². The molecule has 4 aromatic rings. The molecule has 4 aliphatic heterocycles. The molecule has 2 aromatic heterocycles. The summed E-state index contributed by atoms with van der Waals surface area (Å²) < 4.78 is 28.6. The normalized spacial score (nSPS) is 19.9. The van der Waals surface area contributed by atoms with E-state index >= 15 is 4.39 Å². The lowest BCUT2D eigenvalue weighted by atomic mass is 9.85. The molecule has 0 spiro atoms. The van der Waals surface area contributed by atoms with Crippen molar-refractivity contribution in [2.24, 2.45) is 0 Å². The number of likely N-dealkylation sites (N-methyl/N-ethyl adjacent to an activating group) is 1. The molecule has 65 heavy (non-hydrogen) atoms. The third-order valence-corrected chi connectivity index (χ3v) is 12.9. The third-order valence-electron chi connectivity index (χ3n) is 12.7. The van der Waals surface area contributed by atoms with Crippen LogP contribution < -0.4 is 36.5 Å². The van der Waals surface area contributed by atoms with Gasteiger partial charge in [-0.2, -0.15) is 4.98 Å². The van der Waals surface area contributed by atoms with Crippen molar-refractivity contribution in [2.75, 3.05) is 50.1 Å². The Bertz CT molecular complexity index is 2570. The highest BCUT2D eigenvalue weighted by molar-refractivity contribution is 6.33. The smallest absolute Gasteiger partial charge is 0.293 e. The van der Waals surface area contributed by atoms with Gasteiger partial charge in [-0.15, -0.1) is 0 Å². The van der Waals surface area contributed by atoms with Crippen molar-refractivity contribution in [3.05, 3.63) is 80.7 Å². The van der Waals surface area contributed by atoms with Gasteiger partial charge in [-0.05, 0) is 120 Å². The maximum Gasteiger partial charge on any atom is 0.293 e. The second-order valence-electron chi connectivity index (χ2n) is 17.3. The molecule has 1 saturated carbocycles. The highest BCUT2D eigenvalue weighted by Crippen LogP contribution is 2.38. The van der Waals surface area contributed by atoms with Gasteiger partial charge in [-0.3, -0.25) is 39.0 Å². The molecule has 2 aromatic carbocycles.